The highest BCUT2D eigenvalue weighted by Gasteiger charge is 2.35. The lowest BCUT2D eigenvalue weighted by atomic mass is 9.81. The lowest BCUT2D eigenvalue weighted by Crippen LogP contribution is -2.14. The van der Waals surface area contributed by atoms with Crippen LogP contribution in [0.4, 0.5) is 0 Å². The number of rotatable bonds is 3. The molecule has 0 radical (unpaired) electrons. The molecule has 1 aliphatic rings. The maximum atomic E-state index is 2.50. The molecular weight excluding hydrogens is 673 g/mol. The van der Waals surface area contributed by atoms with Gasteiger partial charge in [-0.25, -0.2) is 0 Å². The average Bonchev–Trinajstić information content (AvgIpc) is 3.93. The first-order valence-electron chi connectivity index (χ1n) is 18.8. The Labute approximate surface area is 316 Å². The van der Waals surface area contributed by atoms with E-state index in [9.17, 15) is 0 Å². The van der Waals surface area contributed by atoms with E-state index in [0.717, 1.165) is 0 Å². The minimum Gasteiger partial charge on any atom is -0.309 e. The summed E-state index contributed by atoms with van der Waals surface area (Å²) >= 11 is 1.89. The van der Waals surface area contributed by atoms with E-state index >= 15 is 0 Å². The van der Waals surface area contributed by atoms with E-state index in [2.05, 4.69) is 193 Å². The summed E-state index contributed by atoms with van der Waals surface area (Å²) in [5.41, 5.74) is 15.2. The molecule has 1 aliphatic carbocycles. The van der Waals surface area contributed by atoms with E-state index < -0.39 is 0 Å². The SMILES string of the molecule is CC1(C)c2ccccc2-c2ccc(-c3ccc4c(c3)c3c5c(ccc3n4-c3ccc4c(c3)c3ccccc3n4-c3ccccc3)sc3ccccc35)cc21. The normalized spacial score (nSPS) is 13.5. The molecular formula is C51H34N2S. The van der Waals surface area contributed by atoms with Gasteiger partial charge in [-0.05, 0) is 106 Å². The summed E-state index contributed by atoms with van der Waals surface area (Å²) in [6.07, 6.45) is 0. The fourth-order valence-corrected chi connectivity index (χ4v) is 10.7. The van der Waals surface area contributed by atoms with Crippen molar-refractivity contribution >= 4 is 75.1 Å². The highest BCUT2D eigenvalue weighted by Crippen LogP contribution is 2.50. The van der Waals surface area contributed by atoms with Crippen molar-refractivity contribution in [3.05, 3.63) is 181 Å². The molecule has 0 bridgehead atoms. The van der Waals surface area contributed by atoms with Crippen molar-refractivity contribution in [2.75, 3.05) is 0 Å². The van der Waals surface area contributed by atoms with Crippen molar-refractivity contribution in [3.63, 3.8) is 0 Å². The van der Waals surface area contributed by atoms with Crippen LogP contribution in [0, 0.1) is 0 Å². The standard InChI is InChI=1S/C51H34N2S/c1-51(2)41-17-9-6-14-35(41)36-23-20-32(29-42(36)51)31-21-24-45-40(28-31)49-46(26-27-48-50(49)38-16-8-11-19-47(38)54-48)53(45)34-22-25-44-39(30-34)37-15-7-10-18-43(37)52(44)33-12-4-3-5-13-33/h3-30H,1-2H3. The average molecular weight is 707 g/mol. The van der Waals surface area contributed by atoms with Crippen molar-refractivity contribution in [3.8, 4) is 33.6 Å². The van der Waals surface area contributed by atoms with Crippen LogP contribution in [-0.4, -0.2) is 9.13 Å². The maximum Gasteiger partial charge on any atom is 0.0548 e. The van der Waals surface area contributed by atoms with E-state index in [1.807, 2.05) is 11.3 Å². The van der Waals surface area contributed by atoms with Gasteiger partial charge in [-0.1, -0.05) is 111 Å². The molecule has 3 aromatic heterocycles. The zero-order valence-electron chi connectivity index (χ0n) is 30.0. The third-order valence-corrected chi connectivity index (χ3v) is 13.3. The molecule has 11 aromatic rings. The van der Waals surface area contributed by atoms with Crippen molar-refractivity contribution in [2.24, 2.45) is 0 Å². The molecule has 3 heterocycles. The fourth-order valence-electron chi connectivity index (χ4n) is 9.62. The van der Waals surface area contributed by atoms with Gasteiger partial charge in [0.05, 0.1) is 22.1 Å². The lowest BCUT2D eigenvalue weighted by molar-refractivity contribution is 0.660. The van der Waals surface area contributed by atoms with Crippen LogP contribution < -0.4 is 0 Å². The van der Waals surface area contributed by atoms with Gasteiger partial charge in [-0.2, -0.15) is 0 Å². The molecule has 254 valence electrons. The molecule has 3 heteroatoms. The van der Waals surface area contributed by atoms with Crippen LogP contribution in [0.15, 0.2) is 170 Å². The van der Waals surface area contributed by atoms with Gasteiger partial charge in [0.2, 0.25) is 0 Å². The van der Waals surface area contributed by atoms with Gasteiger partial charge in [0.1, 0.15) is 0 Å². The number of aromatic nitrogens is 2. The number of para-hydroxylation sites is 2. The first-order valence-corrected chi connectivity index (χ1v) is 19.6. The van der Waals surface area contributed by atoms with Crippen LogP contribution in [0.1, 0.15) is 25.0 Å². The summed E-state index contributed by atoms with van der Waals surface area (Å²) < 4.78 is 7.54. The van der Waals surface area contributed by atoms with Crippen molar-refractivity contribution in [2.45, 2.75) is 19.3 Å². The molecule has 0 unspecified atom stereocenters. The Balaban J connectivity index is 1.13. The Hall–Kier alpha value is -6.42. The van der Waals surface area contributed by atoms with Gasteiger partial charge < -0.3 is 9.13 Å². The molecule has 0 spiro atoms. The Morgan fingerprint density at radius 3 is 1.94 bits per heavy atom. The maximum absolute atomic E-state index is 2.50. The van der Waals surface area contributed by atoms with Crippen molar-refractivity contribution in [1.29, 1.82) is 0 Å². The third-order valence-electron chi connectivity index (χ3n) is 12.1. The zero-order valence-corrected chi connectivity index (χ0v) is 30.8. The number of benzene rings is 8. The van der Waals surface area contributed by atoms with Crippen LogP contribution in [0.3, 0.4) is 0 Å². The van der Waals surface area contributed by atoms with Gasteiger partial charge in [0.25, 0.3) is 0 Å². The highest BCUT2D eigenvalue weighted by molar-refractivity contribution is 7.26. The van der Waals surface area contributed by atoms with E-state index in [4.69, 9.17) is 0 Å². The van der Waals surface area contributed by atoms with E-state index in [1.165, 1.54) is 109 Å². The summed E-state index contributed by atoms with van der Waals surface area (Å²) in [7, 11) is 0. The fraction of sp³-hybridized carbons (Fsp3) is 0.0588. The topological polar surface area (TPSA) is 9.86 Å². The second-order valence-electron chi connectivity index (χ2n) is 15.3. The lowest BCUT2D eigenvalue weighted by Gasteiger charge is -2.22. The molecule has 12 rings (SSSR count). The predicted octanol–water partition coefficient (Wildman–Crippen LogP) is 14.2. The minimum absolute atomic E-state index is 0.0495. The summed E-state index contributed by atoms with van der Waals surface area (Å²) in [6.45, 7) is 4.73. The van der Waals surface area contributed by atoms with E-state index in [1.54, 1.807) is 0 Å². The quantitative estimate of drug-likeness (QED) is 0.173. The number of nitrogens with zero attached hydrogens (tertiary/aromatic N) is 2. The summed E-state index contributed by atoms with van der Waals surface area (Å²) in [6, 6.07) is 63.3. The second kappa shape index (κ2) is 10.8. The molecule has 0 amide bonds. The largest absolute Gasteiger partial charge is 0.309 e. The second-order valence-corrected chi connectivity index (χ2v) is 16.4. The first-order chi connectivity index (χ1) is 26.5. The van der Waals surface area contributed by atoms with Crippen LogP contribution in [0.5, 0.6) is 0 Å². The van der Waals surface area contributed by atoms with Gasteiger partial charge >= 0.3 is 0 Å². The van der Waals surface area contributed by atoms with Crippen LogP contribution in [0.25, 0.3) is 97.4 Å². The summed E-state index contributed by atoms with van der Waals surface area (Å²) in [5.74, 6) is 0. The molecule has 8 aromatic carbocycles. The number of hydrogen-bond acceptors (Lipinski definition) is 1. The Kier molecular flexibility index (Phi) is 6.03. The molecule has 0 N–H and O–H groups in total. The van der Waals surface area contributed by atoms with E-state index in [-0.39, 0.29) is 5.41 Å². The predicted molar refractivity (Wildman–Crippen MR) is 231 cm³/mol. The van der Waals surface area contributed by atoms with Gasteiger partial charge in [-0.3, -0.25) is 0 Å². The summed E-state index contributed by atoms with van der Waals surface area (Å²) in [5, 5.41) is 7.79. The molecule has 0 fully saturated rings. The monoisotopic (exact) mass is 706 g/mol. The highest BCUT2D eigenvalue weighted by atomic mass is 32.1. The third kappa shape index (κ3) is 4.00. The number of hydrogen-bond donors (Lipinski definition) is 0. The van der Waals surface area contributed by atoms with Crippen molar-refractivity contribution in [1.82, 2.24) is 9.13 Å². The van der Waals surface area contributed by atoms with Crippen molar-refractivity contribution < 1.29 is 0 Å². The van der Waals surface area contributed by atoms with E-state index in [0.29, 0.717) is 0 Å². The smallest absolute Gasteiger partial charge is 0.0548 e. The minimum atomic E-state index is -0.0495. The van der Waals surface area contributed by atoms with Crippen LogP contribution >= 0.6 is 11.3 Å². The Bertz CT molecular complexity index is 3350. The van der Waals surface area contributed by atoms with Gasteiger partial charge in [0.15, 0.2) is 0 Å². The summed E-state index contributed by atoms with van der Waals surface area (Å²) in [4.78, 5) is 0. The molecule has 0 aliphatic heterocycles. The molecule has 0 saturated heterocycles. The van der Waals surface area contributed by atoms with Crippen LogP contribution in [0.2, 0.25) is 0 Å². The molecule has 0 atom stereocenters. The number of fused-ring (bicyclic) bond motifs is 13. The van der Waals surface area contributed by atoms with Gasteiger partial charge in [-0.15, -0.1) is 11.3 Å². The zero-order chi connectivity index (χ0) is 35.7. The molecule has 0 saturated carbocycles. The van der Waals surface area contributed by atoms with Gasteiger partial charge in [0, 0.05) is 58.5 Å². The Morgan fingerprint density at radius 2 is 1.04 bits per heavy atom. The van der Waals surface area contributed by atoms with Crippen LogP contribution in [-0.2, 0) is 5.41 Å². The Morgan fingerprint density at radius 1 is 0.389 bits per heavy atom. The number of thiophene rings is 1. The molecule has 2 nitrogen and oxygen atoms in total. The first kappa shape index (κ1) is 30.1. The molecule has 54 heavy (non-hydrogen) atoms.